The summed E-state index contributed by atoms with van der Waals surface area (Å²) < 4.78 is 0. The number of nitrogens with two attached hydrogens (primary N) is 1. The van der Waals surface area contributed by atoms with E-state index in [2.05, 4.69) is 4.90 Å². The summed E-state index contributed by atoms with van der Waals surface area (Å²) in [5.41, 5.74) is 7.26. The fourth-order valence-electron chi connectivity index (χ4n) is 2.38. The summed E-state index contributed by atoms with van der Waals surface area (Å²) in [6, 6.07) is 7.41. The average molecular weight is 236 g/mol. The van der Waals surface area contributed by atoms with Gasteiger partial charge in [-0.15, -0.1) is 0 Å². The predicted octanol–water partition coefficient (Wildman–Crippen LogP) is 0.616. The van der Waals surface area contributed by atoms with E-state index in [0.717, 1.165) is 25.1 Å². The molecule has 1 aromatic carbocycles. The summed E-state index contributed by atoms with van der Waals surface area (Å²) >= 11 is 0. The smallest absolute Gasteiger partial charge is 0.0936 e. The second kappa shape index (κ2) is 5.49. The Hall–Kier alpha value is -1.10. The second-order valence-electron chi connectivity index (χ2n) is 4.74. The van der Waals surface area contributed by atoms with E-state index in [9.17, 15) is 5.11 Å². The summed E-state index contributed by atoms with van der Waals surface area (Å²) in [4.78, 5) is 2.18. The van der Waals surface area contributed by atoms with Gasteiger partial charge < -0.3 is 20.8 Å². The number of nitrogens with zero attached hydrogens (tertiary/aromatic N) is 1. The fourth-order valence-corrected chi connectivity index (χ4v) is 2.38. The van der Waals surface area contributed by atoms with Crippen LogP contribution in [0.2, 0.25) is 0 Å². The van der Waals surface area contributed by atoms with Crippen LogP contribution >= 0.6 is 0 Å². The van der Waals surface area contributed by atoms with Gasteiger partial charge in [0.1, 0.15) is 0 Å². The van der Waals surface area contributed by atoms with E-state index in [1.165, 1.54) is 0 Å². The SMILES string of the molecule is Nc1ccccc1C(O)CN1CCC(CO)C1. The van der Waals surface area contributed by atoms with Gasteiger partial charge in [0, 0.05) is 30.9 Å². The number of benzene rings is 1. The van der Waals surface area contributed by atoms with Gasteiger partial charge in [0.25, 0.3) is 0 Å². The lowest BCUT2D eigenvalue weighted by molar-refractivity contribution is 0.121. The van der Waals surface area contributed by atoms with Crippen LogP contribution in [0, 0.1) is 5.92 Å². The van der Waals surface area contributed by atoms with Crippen molar-refractivity contribution in [2.75, 3.05) is 32.0 Å². The molecule has 1 saturated heterocycles. The molecule has 0 saturated carbocycles. The molecule has 1 heterocycles. The van der Waals surface area contributed by atoms with Crippen LogP contribution in [0.5, 0.6) is 0 Å². The maximum atomic E-state index is 10.1. The molecule has 2 rings (SSSR count). The Labute approximate surface area is 102 Å². The van der Waals surface area contributed by atoms with Crippen molar-refractivity contribution in [3.63, 3.8) is 0 Å². The van der Waals surface area contributed by atoms with Gasteiger partial charge in [0.15, 0.2) is 0 Å². The number of hydrogen-bond acceptors (Lipinski definition) is 4. The first kappa shape index (κ1) is 12.4. The Balaban J connectivity index is 1.94. The highest BCUT2D eigenvalue weighted by Gasteiger charge is 2.24. The van der Waals surface area contributed by atoms with Crippen LogP contribution in [0.15, 0.2) is 24.3 Å². The fraction of sp³-hybridized carbons (Fsp3) is 0.538. The van der Waals surface area contributed by atoms with E-state index in [1.807, 2.05) is 18.2 Å². The number of aliphatic hydroxyl groups is 2. The molecule has 0 bridgehead atoms. The summed E-state index contributed by atoms with van der Waals surface area (Å²) in [5, 5.41) is 19.2. The summed E-state index contributed by atoms with van der Waals surface area (Å²) in [5.74, 6) is 0.357. The molecule has 4 nitrogen and oxygen atoms in total. The molecule has 4 N–H and O–H groups in total. The third-order valence-corrected chi connectivity index (χ3v) is 3.41. The van der Waals surface area contributed by atoms with Crippen molar-refractivity contribution < 1.29 is 10.2 Å². The first-order chi connectivity index (χ1) is 8.20. The van der Waals surface area contributed by atoms with Gasteiger partial charge in [-0.1, -0.05) is 18.2 Å². The number of nitrogen functional groups attached to an aromatic ring is 1. The lowest BCUT2D eigenvalue weighted by Gasteiger charge is -2.21. The lowest BCUT2D eigenvalue weighted by atomic mass is 10.1. The molecule has 0 spiro atoms. The summed E-state index contributed by atoms with van der Waals surface area (Å²) in [7, 11) is 0. The molecule has 0 aromatic heterocycles. The summed E-state index contributed by atoms with van der Waals surface area (Å²) in [6.07, 6.45) is 0.460. The average Bonchev–Trinajstić information content (AvgIpc) is 2.77. The van der Waals surface area contributed by atoms with Crippen LogP contribution in [-0.4, -0.2) is 41.4 Å². The van der Waals surface area contributed by atoms with Gasteiger partial charge in [0.05, 0.1) is 6.10 Å². The Kier molecular flexibility index (Phi) is 3.99. The van der Waals surface area contributed by atoms with E-state index < -0.39 is 6.10 Å². The van der Waals surface area contributed by atoms with Crippen molar-refractivity contribution in [1.29, 1.82) is 0 Å². The topological polar surface area (TPSA) is 69.7 Å². The minimum Gasteiger partial charge on any atom is -0.398 e. The highest BCUT2D eigenvalue weighted by atomic mass is 16.3. The summed E-state index contributed by atoms with van der Waals surface area (Å²) in [6.45, 7) is 2.63. The standard InChI is InChI=1S/C13H20N2O2/c14-12-4-2-1-3-11(12)13(17)8-15-6-5-10(7-15)9-16/h1-4,10,13,16-17H,5-9,14H2. The van der Waals surface area contributed by atoms with Crippen LogP contribution in [0.3, 0.4) is 0 Å². The molecule has 0 amide bonds. The van der Waals surface area contributed by atoms with Gasteiger partial charge in [-0.2, -0.15) is 0 Å². The molecule has 2 atom stereocenters. The number of β-amino-alcohol motifs (C(OH)–C–C–N with tert-alkyl or cyclic N) is 1. The zero-order valence-corrected chi connectivity index (χ0v) is 9.92. The Morgan fingerprint density at radius 1 is 1.41 bits per heavy atom. The Bertz CT molecular complexity index is 370. The van der Waals surface area contributed by atoms with E-state index in [4.69, 9.17) is 10.8 Å². The maximum absolute atomic E-state index is 10.1. The second-order valence-corrected chi connectivity index (χ2v) is 4.74. The van der Waals surface area contributed by atoms with Gasteiger partial charge in [0.2, 0.25) is 0 Å². The van der Waals surface area contributed by atoms with Gasteiger partial charge >= 0.3 is 0 Å². The quantitative estimate of drug-likeness (QED) is 0.670. The minimum atomic E-state index is -0.548. The van der Waals surface area contributed by atoms with Crippen molar-refractivity contribution in [3.05, 3.63) is 29.8 Å². The molecule has 0 radical (unpaired) electrons. The molecule has 17 heavy (non-hydrogen) atoms. The van der Waals surface area contributed by atoms with Crippen LogP contribution in [0.1, 0.15) is 18.1 Å². The zero-order valence-electron chi connectivity index (χ0n) is 9.92. The van der Waals surface area contributed by atoms with Crippen LogP contribution in [-0.2, 0) is 0 Å². The minimum absolute atomic E-state index is 0.236. The largest absolute Gasteiger partial charge is 0.398 e. The first-order valence-electron chi connectivity index (χ1n) is 6.06. The van der Waals surface area contributed by atoms with Crippen molar-refractivity contribution in [3.8, 4) is 0 Å². The third-order valence-electron chi connectivity index (χ3n) is 3.41. The molecular weight excluding hydrogens is 216 g/mol. The predicted molar refractivity (Wildman–Crippen MR) is 67.4 cm³/mol. The highest BCUT2D eigenvalue weighted by Crippen LogP contribution is 2.23. The molecule has 1 fully saturated rings. The molecule has 0 aliphatic carbocycles. The molecular formula is C13H20N2O2. The van der Waals surface area contributed by atoms with Crippen molar-refractivity contribution in [1.82, 2.24) is 4.90 Å². The normalized spacial score (nSPS) is 22.8. The Morgan fingerprint density at radius 2 is 2.18 bits per heavy atom. The van der Waals surface area contributed by atoms with Crippen LogP contribution in [0.4, 0.5) is 5.69 Å². The van der Waals surface area contributed by atoms with E-state index >= 15 is 0 Å². The number of likely N-dealkylation sites (tertiary alicyclic amines) is 1. The van der Waals surface area contributed by atoms with E-state index in [1.54, 1.807) is 6.07 Å². The van der Waals surface area contributed by atoms with Crippen LogP contribution < -0.4 is 5.73 Å². The zero-order chi connectivity index (χ0) is 12.3. The molecule has 94 valence electrons. The maximum Gasteiger partial charge on any atom is 0.0936 e. The van der Waals surface area contributed by atoms with Crippen molar-refractivity contribution in [2.45, 2.75) is 12.5 Å². The third kappa shape index (κ3) is 2.97. The molecule has 1 aliphatic heterocycles. The van der Waals surface area contributed by atoms with Gasteiger partial charge in [-0.25, -0.2) is 0 Å². The van der Waals surface area contributed by atoms with Crippen LogP contribution in [0.25, 0.3) is 0 Å². The Morgan fingerprint density at radius 3 is 2.82 bits per heavy atom. The molecule has 1 aliphatic rings. The molecule has 4 heteroatoms. The molecule has 2 unspecified atom stereocenters. The highest BCUT2D eigenvalue weighted by molar-refractivity contribution is 5.47. The van der Waals surface area contributed by atoms with Gasteiger partial charge in [-0.3, -0.25) is 0 Å². The number of aliphatic hydroxyl groups excluding tert-OH is 2. The van der Waals surface area contributed by atoms with Crippen molar-refractivity contribution in [2.24, 2.45) is 5.92 Å². The lowest BCUT2D eigenvalue weighted by Crippen LogP contribution is -2.27. The molecule has 1 aromatic rings. The van der Waals surface area contributed by atoms with Crippen molar-refractivity contribution >= 4 is 5.69 Å². The monoisotopic (exact) mass is 236 g/mol. The number of para-hydroxylation sites is 1. The number of anilines is 1. The number of hydrogen-bond donors (Lipinski definition) is 3. The van der Waals surface area contributed by atoms with E-state index in [-0.39, 0.29) is 6.61 Å². The van der Waals surface area contributed by atoms with Gasteiger partial charge in [-0.05, 0) is 24.9 Å². The van der Waals surface area contributed by atoms with E-state index in [0.29, 0.717) is 18.2 Å². The first-order valence-corrected chi connectivity index (χ1v) is 6.06. The number of rotatable bonds is 4.